The van der Waals surface area contributed by atoms with Crippen molar-refractivity contribution in [2.45, 2.75) is 39.0 Å². The van der Waals surface area contributed by atoms with Crippen molar-refractivity contribution in [2.24, 2.45) is 5.92 Å². The van der Waals surface area contributed by atoms with Crippen molar-refractivity contribution in [2.75, 3.05) is 12.4 Å². The minimum absolute atomic E-state index is 0.0363. The molecule has 3 nitrogen and oxygen atoms in total. The van der Waals surface area contributed by atoms with Gasteiger partial charge in [0.2, 0.25) is 9.05 Å². The van der Waals surface area contributed by atoms with Gasteiger partial charge in [-0.1, -0.05) is 13.0 Å². The molecule has 20 heavy (non-hydrogen) atoms. The molecule has 0 heterocycles. The van der Waals surface area contributed by atoms with Crippen molar-refractivity contribution in [3.63, 3.8) is 0 Å². The number of benzene rings is 1. The highest BCUT2D eigenvalue weighted by molar-refractivity contribution is 8.13. The van der Waals surface area contributed by atoms with Gasteiger partial charge in [-0.3, -0.25) is 0 Å². The number of fused-ring (bicyclic) bond motifs is 1. The second-order valence-electron chi connectivity index (χ2n) is 5.56. The first kappa shape index (κ1) is 15.6. The van der Waals surface area contributed by atoms with Crippen LogP contribution in [-0.4, -0.2) is 20.8 Å². The van der Waals surface area contributed by atoms with E-state index in [-0.39, 0.29) is 11.7 Å². The van der Waals surface area contributed by atoms with Crippen LogP contribution in [0.2, 0.25) is 0 Å². The highest BCUT2D eigenvalue weighted by Gasteiger charge is 2.12. The quantitative estimate of drug-likeness (QED) is 0.723. The van der Waals surface area contributed by atoms with Crippen molar-refractivity contribution < 1.29 is 13.2 Å². The second-order valence-corrected chi connectivity index (χ2v) is 8.45. The largest absolute Gasteiger partial charge is 0.494 e. The summed E-state index contributed by atoms with van der Waals surface area (Å²) >= 11 is 0. The second kappa shape index (κ2) is 6.81. The first-order valence-electron chi connectivity index (χ1n) is 7.11. The van der Waals surface area contributed by atoms with Crippen LogP contribution in [0.25, 0.3) is 0 Å². The molecule has 0 radical (unpaired) electrons. The zero-order valence-corrected chi connectivity index (χ0v) is 13.3. The molecule has 1 aromatic carbocycles. The van der Waals surface area contributed by atoms with Crippen LogP contribution in [0.3, 0.4) is 0 Å². The monoisotopic (exact) mass is 316 g/mol. The van der Waals surface area contributed by atoms with E-state index < -0.39 is 9.05 Å². The number of hydrogen-bond donors (Lipinski definition) is 0. The molecule has 112 valence electrons. The summed E-state index contributed by atoms with van der Waals surface area (Å²) in [5.41, 5.74) is 2.85. The summed E-state index contributed by atoms with van der Waals surface area (Å²) < 4.78 is 27.5. The van der Waals surface area contributed by atoms with E-state index in [0.29, 0.717) is 13.0 Å². The normalized spacial score (nSPS) is 15.9. The Kier molecular flexibility index (Phi) is 5.33. The molecule has 1 aromatic rings. The van der Waals surface area contributed by atoms with Crippen LogP contribution in [0.4, 0.5) is 0 Å². The zero-order valence-electron chi connectivity index (χ0n) is 11.8. The fourth-order valence-corrected chi connectivity index (χ4v) is 3.45. The van der Waals surface area contributed by atoms with Crippen molar-refractivity contribution in [1.29, 1.82) is 0 Å². The predicted molar refractivity (Wildman–Crippen MR) is 82.0 cm³/mol. The molecule has 1 aliphatic carbocycles. The fraction of sp³-hybridized carbons (Fsp3) is 0.600. The van der Waals surface area contributed by atoms with Crippen LogP contribution in [-0.2, 0) is 21.9 Å². The zero-order chi connectivity index (χ0) is 14.6. The Morgan fingerprint density at radius 3 is 2.75 bits per heavy atom. The molecule has 5 heteroatoms. The van der Waals surface area contributed by atoms with Gasteiger partial charge >= 0.3 is 0 Å². The van der Waals surface area contributed by atoms with E-state index in [4.69, 9.17) is 15.4 Å². The average Bonchev–Trinajstić information content (AvgIpc) is 2.83. The van der Waals surface area contributed by atoms with E-state index in [1.807, 2.05) is 13.0 Å². The molecule has 1 atom stereocenters. The number of ether oxygens (including phenoxy) is 1. The molecular weight excluding hydrogens is 296 g/mol. The minimum Gasteiger partial charge on any atom is -0.494 e. The van der Waals surface area contributed by atoms with Crippen LogP contribution in [0.15, 0.2) is 18.2 Å². The third-order valence-corrected chi connectivity index (χ3v) is 4.99. The minimum atomic E-state index is -3.37. The Hall–Kier alpha value is -0.740. The van der Waals surface area contributed by atoms with Gasteiger partial charge < -0.3 is 4.74 Å². The number of rotatable bonds is 7. The first-order chi connectivity index (χ1) is 9.44. The molecule has 0 spiro atoms. The lowest BCUT2D eigenvalue weighted by molar-refractivity contribution is 0.281. The third-order valence-electron chi connectivity index (χ3n) is 3.80. The molecule has 0 fully saturated rings. The molecule has 0 N–H and O–H groups in total. The van der Waals surface area contributed by atoms with Gasteiger partial charge in [0.15, 0.2) is 0 Å². The molecule has 0 amide bonds. The van der Waals surface area contributed by atoms with Crippen molar-refractivity contribution in [3.8, 4) is 5.75 Å². The SMILES string of the molecule is CC(CCOc1ccc2c(c1)CCC2)CCS(=O)(=O)Cl. The summed E-state index contributed by atoms with van der Waals surface area (Å²) in [6, 6.07) is 6.31. The summed E-state index contributed by atoms with van der Waals surface area (Å²) in [4.78, 5) is 0. The number of aryl methyl sites for hydroxylation is 2. The Balaban J connectivity index is 1.73. The summed E-state index contributed by atoms with van der Waals surface area (Å²) in [5.74, 6) is 1.25. The van der Waals surface area contributed by atoms with Gasteiger partial charge in [0, 0.05) is 10.7 Å². The molecule has 2 rings (SSSR count). The Morgan fingerprint density at radius 2 is 2.00 bits per heavy atom. The van der Waals surface area contributed by atoms with Gasteiger partial charge in [-0.2, -0.15) is 0 Å². The molecule has 0 saturated heterocycles. The Morgan fingerprint density at radius 1 is 1.25 bits per heavy atom. The van der Waals surface area contributed by atoms with E-state index >= 15 is 0 Å². The highest BCUT2D eigenvalue weighted by atomic mass is 35.7. The van der Waals surface area contributed by atoms with E-state index in [2.05, 4.69) is 12.1 Å². The standard InChI is InChI=1S/C15H21ClO3S/c1-12(8-10-20(16,17)18)7-9-19-15-6-5-13-3-2-4-14(13)11-15/h5-6,11-12H,2-4,7-10H2,1H3. The molecule has 1 unspecified atom stereocenters. The van der Waals surface area contributed by atoms with Gasteiger partial charge in [-0.15, -0.1) is 0 Å². The lowest BCUT2D eigenvalue weighted by Crippen LogP contribution is -2.08. The third kappa shape index (κ3) is 4.98. The molecule has 1 aliphatic rings. The van der Waals surface area contributed by atoms with Gasteiger partial charge in [0.05, 0.1) is 12.4 Å². The van der Waals surface area contributed by atoms with Gasteiger partial charge in [0.25, 0.3) is 0 Å². The average molecular weight is 317 g/mol. The highest BCUT2D eigenvalue weighted by Crippen LogP contribution is 2.26. The summed E-state index contributed by atoms with van der Waals surface area (Å²) in [6.07, 6.45) is 4.99. The van der Waals surface area contributed by atoms with E-state index in [1.165, 1.54) is 24.0 Å². The van der Waals surface area contributed by atoms with E-state index in [0.717, 1.165) is 18.6 Å². The van der Waals surface area contributed by atoms with E-state index in [9.17, 15) is 8.42 Å². The first-order valence-corrected chi connectivity index (χ1v) is 9.59. The lowest BCUT2D eigenvalue weighted by atomic mass is 10.1. The summed E-state index contributed by atoms with van der Waals surface area (Å²) in [5, 5.41) is 0. The summed E-state index contributed by atoms with van der Waals surface area (Å²) in [6.45, 7) is 2.64. The van der Waals surface area contributed by atoms with Gasteiger partial charge in [0.1, 0.15) is 5.75 Å². The number of hydrogen-bond acceptors (Lipinski definition) is 3. The molecular formula is C15H21ClO3S. The maximum atomic E-state index is 10.9. The maximum Gasteiger partial charge on any atom is 0.232 e. The lowest BCUT2D eigenvalue weighted by Gasteiger charge is -2.12. The number of halogens is 1. The van der Waals surface area contributed by atoms with Crippen LogP contribution < -0.4 is 4.74 Å². The molecule has 0 aliphatic heterocycles. The summed E-state index contributed by atoms with van der Waals surface area (Å²) in [7, 11) is 1.83. The van der Waals surface area contributed by atoms with Crippen LogP contribution >= 0.6 is 10.7 Å². The van der Waals surface area contributed by atoms with Crippen LogP contribution in [0.5, 0.6) is 5.75 Å². The van der Waals surface area contributed by atoms with Crippen molar-refractivity contribution in [1.82, 2.24) is 0 Å². The van der Waals surface area contributed by atoms with Crippen molar-refractivity contribution >= 4 is 19.7 Å². The smallest absolute Gasteiger partial charge is 0.232 e. The molecule has 0 aromatic heterocycles. The van der Waals surface area contributed by atoms with Crippen molar-refractivity contribution in [3.05, 3.63) is 29.3 Å². The maximum absolute atomic E-state index is 10.9. The van der Waals surface area contributed by atoms with Gasteiger partial charge in [-0.25, -0.2) is 8.42 Å². The molecule has 0 bridgehead atoms. The van der Waals surface area contributed by atoms with Crippen LogP contribution in [0.1, 0.15) is 37.3 Å². The van der Waals surface area contributed by atoms with E-state index in [1.54, 1.807) is 0 Å². The molecule has 0 saturated carbocycles. The fourth-order valence-electron chi connectivity index (χ4n) is 2.50. The Labute approximate surface area is 125 Å². The predicted octanol–water partition coefficient (Wildman–Crippen LogP) is 3.54. The van der Waals surface area contributed by atoms with Crippen LogP contribution in [0, 0.1) is 5.92 Å². The Bertz CT molecular complexity index is 554. The van der Waals surface area contributed by atoms with Gasteiger partial charge in [-0.05, 0) is 61.3 Å². The topological polar surface area (TPSA) is 43.4 Å².